The zero-order valence-corrected chi connectivity index (χ0v) is 15.0. The molecule has 0 spiro atoms. The zero-order chi connectivity index (χ0) is 17.7. The molecule has 0 aliphatic carbocycles. The first-order valence-electron chi connectivity index (χ1n) is 7.83. The number of hydrogen-bond acceptors (Lipinski definition) is 6. The van der Waals surface area contributed by atoms with Gasteiger partial charge < -0.3 is 9.64 Å². The Morgan fingerprint density at radius 2 is 2.08 bits per heavy atom. The molecular formula is C17H21N3O3S. The van der Waals surface area contributed by atoms with Gasteiger partial charge in [-0.25, -0.2) is 4.98 Å². The minimum Gasteiger partial charge on any atom is -0.469 e. The topological polar surface area (TPSA) is 83.3 Å². The lowest BCUT2D eigenvalue weighted by Gasteiger charge is -2.30. The molecule has 1 fully saturated rings. The number of carbonyl (C=O) groups is 2. The Morgan fingerprint density at radius 1 is 1.42 bits per heavy atom. The van der Waals surface area contributed by atoms with Gasteiger partial charge >= 0.3 is 5.97 Å². The van der Waals surface area contributed by atoms with Gasteiger partial charge in [-0.05, 0) is 38.3 Å². The number of carbonyl (C=O) groups excluding carboxylic acids is 2. The van der Waals surface area contributed by atoms with Crippen LogP contribution in [-0.2, 0) is 14.3 Å². The lowest BCUT2D eigenvalue weighted by molar-refractivity contribution is -0.148. The molecule has 128 valence electrons. The van der Waals surface area contributed by atoms with E-state index in [-0.39, 0.29) is 23.5 Å². The molecule has 0 aromatic carbocycles. The molecule has 0 N–H and O–H groups in total. The van der Waals surface area contributed by atoms with E-state index in [1.165, 1.54) is 18.9 Å². The molecule has 0 atom stereocenters. The van der Waals surface area contributed by atoms with E-state index in [1.54, 1.807) is 4.90 Å². The normalized spacial score (nSPS) is 15.0. The van der Waals surface area contributed by atoms with Crippen molar-refractivity contribution in [1.82, 2.24) is 9.88 Å². The Bertz CT molecular complexity index is 676. The van der Waals surface area contributed by atoms with Crippen LogP contribution in [0, 0.1) is 31.1 Å². The van der Waals surface area contributed by atoms with Crippen molar-refractivity contribution < 1.29 is 14.3 Å². The van der Waals surface area contributed by atoms with Crippen LogP contribution in [0.1, 0.15) is 29.7 Å². The standard InChI is InChI=1S/C17H21N3O3S/c1-11-8-12(2)19-16(14(11)9-18)24-10-15(21)20-6-4-13(5-7-20)17(22)23-3/h8,13H,4-7,10H2,1-3H3. The number of nitrogens with zero attached hydrogens (tertiary/aromatic N) is 3. The Labute approximate surface area is 146 Å². The Morgan fingerprint density at radius 3 is 2.67 bits per heavy atom. The van der Waals surface area contributed by atoms with Crippen LogP contribution >= 0.6 is 11.8 Å². The van der Waals surface area contributed by atoms with E-state index in [2.05, 4.69) is 11.1 Å². The average molecular weight is 347 g/mol. The molecule has 0 radical (unpaired) electrons. The molecule has 1 aliphatic heterocycles. The lowest BCUT2D eigenvalue weighted by Crippen LogP contribution is -2.41. The summed E-state index contributed by atoms with van der Waals surface area (Å²) >= 11 is 1.30. The molecule has 1 amide bonds. The highest BCUT2D eigenvalue weighted by Gasteiger charge is 2.28. The number of piperidine rings is 1. The summed E-state index contributed by atoms with van der Waals surface area (Å²) in [6.45, 7) is 4.86. The second kappa shape index (κ2) is 8.15. The van der Waals surface area contributed by atoms with E-state index in [9.17, 15) is 14.9 Å². The van der Waals surface area contributed by atoms with Crippen LogP contribution < -0.4 is 0 Å². The van der Waals surface area contributed by atoms with Crippen LogP contribution in [0.3, 0.4) is 0 Å². The molecule has 6 nitrogen and oxygen atoms in total. The van der Waals surface area contributed by atoms with Gasteiger partial charge in [-0.15, -0.1) is 0 Å². The first-order chi connectivity index (χ1) is 11.5. The molecule has 7 heteroatoms. The summed E-state index contributed by atoms with van der Waals surface area (Å²) in [5.74, 6) is -0.0614. The average Bonchev–Trinajstić information content (AvgIpc) is 2.58. The van der Waals surface area contributed by atoms with Gasteiger partial charge in [-0.1, -0.05) is 11.8 Å². The van der Waals surface area contributed by atoms with Crippen LogP contribution in [0.4, 0.5) is 0 Å². The Hall–Kier alpha value is -2.07. The monoisotopic (exact) mass is 347 g/mol. The van der Waals surface area contributed by atoms with E-state index in [4.69, 9.17) is 4.74 Å². The maximum absolute atomic E-state index is 12.4. The van der Waals surface area contributed by atoms with Gasteiger partial charge in [0, 0.05) is 18.8 Å². The highest BCUT2D eigenvalue weighted by atomic mass is 32.2. The van der Waals surface area contributed by atoms with Crippen molar-refractivity contribution >= 4 is 23.6 Å². The fraction of sp³-hybridized carbons (Fsp3) is 0.529. The van der Waals surface area contributed by atoms with Crippen molar-refractivity contribution in [2.75, 3.05) is 26.0 Å². The molecule has 24 heavy (non-hydrogen) atoms. The molecule has 1 aliphatic rings. The number of likely N-dealkylation sites (tertiary alicyclic amines) is 1. The molecular weight excluding hydrogens is 326 g/mol. The molecule has 2 heterocycles. The Balaban J connectivity index is 1.93. The number of amides is 1. The van der Waals surface area contributed by atoms with Gasteiger partial charge in [0.1, 0.15) is 11.1 Å². The van der Waals surface area contributed by atoms with Gasteiger partial charge in [-0.3, -0.25) is 9.59 Å². The summed E-state index contributed by atoms with van der Waals surface area (Å²) < 4.78 is 4.75. The number of thioether (sulfide) groups is 1. The number of methoxy groups -OCH3 is 1. The summed E-state index contributed by atoms with van der Waals surface area (Å²) in [6.07, 6.45) is 1.27. The van der Waals surface area contributed by atoms with Crippen LogP contribution in [0.25, 0.3) is 0 Å². The van der Waals surface area contributed by atoms with Crippen LogP contribution in [0.2, 0.25) is 0 Å². The van der Waals surface area contributed by atoms with Gasteiger partial charge in [0.05, 0.1) is 24.3 Å². The molecule has 0 unspecified atom stereocenters. The maximum Gasteiger partial charge on any atom is 0.308 e. The summed E-state index contributed by atoms with van der Waals surface area (Å²) in [4.78, 5) is 30.0. The summed E-state index contributed by atoms with van der Waals surface area (Å²) in [5.41, 5.74) is 2.24. The number of aryl methyl sites for hydroxylation is 2. The minimum atomic E-state index is -0.199. The van der Waals surface area contributed by atoms with Crippen LogP contribution in [-0.4, -0.2) is 47.7 Å². The van der Waals surface area contributed by atoms with Crippen molar-refractivity contribution in [3.8, 4) is 6.07 Å². The summed E-state index contributed by atoms with van der Waals surface area (Å²) in [5, 5.41) is 9.87. The Kier molecular flexibility index (Phi) is 6.21. The second-order valence-corrected chi connectivity index (χ2v) is 6.80. The first-order valence-corrected chi connectivity index (χ1v) is 8.81. The highest BCUT2D eigenvalue weighted by molar-refractivity contribution is 8.00. The predicted octanol–water partition coefficient (Wildman–Crippen LogP) is 2.07. The lowest BCUT2D eigenvalue weighted by atomic mass is 9.97. The van der Waals surface area contributed by atoms with Crippen molar-refractivity contribution in [1.29, 1.82) is 5.26 Å². The SMILES string of the molecule is COC(=O)C1CCN(C(=O)CSc2nc(C)cc(C)c2C#N)CC1. The molecule has 0 bridgehead atoms. The number of nitriles is 1. The van der Waals surface area contributed by atoms with Gasteiger partial charge in [0.15, 0.2) is 0 Å². The van der Waals surface area contributed by atoms with Crippen molar-refractivity contribution in [3.05, 3.63) is 22.9 Å². The third-order valence-corrected chi connectivity index (χ3v) is 5.10. The van der Waals surface area contributed by atoms with Gasteiger partial charge in [0.2, 0.25) is 5.91 Å². The molecule has 1 aromatic rings. The summed E-state index contributed by atoms with van der Waals surface area (Å²) in [7, 11) is 1.39. The van der Waals surface area contributed by atoms with Crippen molar-refractivity contribution in [3.63, 3.8) is 0 Å². The highest BCUT2D eigenvalue weighted by Crippen LogP contribution is 2.25. The number of pyridine rings is 1. The quantitative estimate of drug-likeness (QED) is 0.612. The smallest absolute Gasteiger partial charge is 0.308 e. The number of ether oxygens (including phenoxy) is 1. The van der Waals surface area contributed by atoms with Gasteiger partial charge in [-0.2, -0.15) is 5.26 Å². The fourth-order valence-electron chi connectivity index (χ4n) is 2.80. The van der Waals surface area contributed by atoms with E-state index in [1.807, 2.05) is 19.9 Å². The largest absolute Gasteiger partial charge is 0.469 e. The maximum atomic E-state index is 12.4. The molecule has 2 rings (SSSR count). The van der Waals surface area contributed by atoms with E-state index < -0.39 is 0 Å². The van der Waals surface area contributed by atoms with E-state index >= 15 is 0 Å². The number of aromatic nitrogens is 1. The van der Waals surface area contributed by atoms with E-state index in [0.29, 0.717) is 36.5 Å². The van der Waals surface area contributed by atoms with E-state index in [0.717, 1.165) is 11.3 Å². The fourth-order valence-corrected chi connectivity index (χ4v) is 3.80. The third-order valence-electron chi connectivity index (χ3n) is 4.14. The minimum absolute atomic E-state index is 0.00756. The molecule has 1 aromatic heterocycles. The molecule has 0 saturated carbocycles. The summed E-state index contributed by atoms with van der Waals surface area (Å²) in [6, 6.07) is 4.02. The van der Waals surface area contributed by atoms with Crippen LogP contribution in [0.15, 0.2) is 11.1 Å². The zero-order valence-electron chi connectivity index (χ0n) is 14.2. The van der Waals surface area contributed by atoms with Crippen molar-refractivity contribution in [2.45, 2.75) is 31.7 Å². The number of esters is 1. The number of hydrogen-bond donors (Lipinski definition) is 0. The number of rotatable bonds is 4. The van der Waals surface area contributed by atoms with Crippen molar-refractivity contribution in [2.24, 2.45) is 5.92 Å². The second-order valence-electron chi connectivity index (χ2n) is 5.84. The van der Waals surface area contributed by atoms with Crippen LogP contribution in [0.5, 0.6) is 0 Å². The van der Waals surface area contributed by atoms with Gasteiger partial charge in [0.25, 0.3) is 0 Å². The predicted molar refractivity (Wildman–Crippen MR) is 90.5 cm³/mol. The molecule has 1 saturated heterocycles. The third kappa shape index (κ3) is 4.26. The first kappa shape index (κ1) is 18.3.